The van der Waals surface area contributed by atoms with Crippen molar-refractivity contribution in [2.75, 3.05) is 6.61 Å². The molecule has 0 fully saturated rings. The molecule has 1 heterocycles. The Kier molecular flexibility index (Phi) is 4.87. The number of hydrogen-bond donors (Lipinski definition) is 1. The van der Waals surface area contributed by atoms with E-state index >= 15 is 0 Å². The van der Waals surface area contributed by atoms with E-state index in [1.54, 1.807) is 6.92 Å². The van der Waals surface area contributed by atoms with Crippen LogP contribution in [0.1, 0.15) is 31.9 Å². The molecule has 0 saturated heterocycles. The number of nitrogens with zero attached hydrogens (tertiary/aromatic N) is 1. The maximum atomic E-state index is 11.9. The molecule has 0 unspecified atom stereocenters. The second-order valence-corrected chi connectivity index (χ2v) is 4.54. The maximum Gasteiger partial charge on any atom is 0.305 e. The van der Waals surface area contributed by atoms with Gasteiger partial charge in [0, 0.05) is 6.42 Å². The quantitative estimate of drug-likeness (QED) is 0.647. The van der Waals surface area contributed by atoms with Crippen molar-refractivity contribution in [2.45, 2.75) is 32.6 Å². The van der Waals surface area contributed by atoms with Crippen molar-refractivity contribution in [1.82, 2.24) is 9.97 Å². The lowest BCUT2D eigenvalue weighted by Crippen LogP contribution is -2.15. The average Bonchev–Trinajstić information content (AvgIpc) is 2.44. The van der Waals surface area contributed by atoms with Gasteiger partial charge in [-0.3, -0.25) is 9.59 Å². The van der Waals surface area contributed by atoms with Crippen LogP contribution < -0.4 is 5.56 Å². The summed E-state index contributed by atoms with van der Waals surface area (Å²) in [4.78, 5) is 30.2. The third-order valence-corrected chi connectivity index (χ3v) is 3.02. The lowest BCUT2D eigenvalue weighted by molar-refractivity contribution is -0.143. The molecule has 0 bridgehead atoms. The summed E-state index contributed by atoms with van der Waals surface area (Å²) in [6, 6.07) is 7.44. The Labute approximate surface area is 117 Å². The van der Waals surface area contributed by atoms with Crippen molar-refractivity contribution in [2.24, 2.45) is 0 Å². The van der Waals surface area contributed by atoms with Crippen LogP contribution >= 0.6 is 0 Å². The number of aryl methyl sites for hydroxylation is 1. The molecule has 0 atom stereocenters. The van der Waals surface area contributed by atoms with Gasteiger partial charge < -0.3 is 9.72 Å². The molecule has 1 N–H and O–H groups in total. The van der Waals surface area contributed by atoms with Crippen LogP contribution in [0.15, 0.2) is 29.1 Å². The van der Waals surface area contributed by atoms with Gasteiger partial charge in [0.05, 0.1) is 17.6 Å². The highest BCUT2D eigenvalue weighted by atomic mass is 16.5. The Hall–Kier alpha value is -2.17. The lowest BCUT2D eigenvalue weighted by atomic mass is 10.1. The molecule has 0 aliphatic heterocycles. The van der Waals surface area contributed by atoms with Crippen molar-refractivity contribution in [3.8, 4) is 0 Å². The molecule has 5 nitrogen and oxygen atoms in total. The standard InChI is InChI=1S/C15H18N2O3/c1-2-20-14(18)10-6-5-9-13-15(19)17-12-8-4-3-7-11(12)16-13/h3-4,7-8H,2,5-6,9-10H2,1H3,(H,17,19). The van der Waals surface area contributed by atoms with E-state index in [9.17, 15) is 9.59 Å². The summed E-state index contributed by atoms with van der Waals surface area (Å²) >= 11 is 0. The lowest BCUT2D eigenvalue weighted by Gasteiger charge is -2.03. The highest BCUT2D eigenvalue weighted by Crippen LogP contribution is 2.08. The number of para-hydroxylation sites is 2. The fourth-order valence-corrected chi connectivity index (χ4v) is 2.03. The molecule has 5 heteroatoms. The van der Waals surface area contributed by atoms with E-state index in [-0.39, 0.29) is 11.5 Å². The Morgan fingerprint density at radius 3 is 2.90 bits per heavy atom. The normalized spacial score (nSPS) is 10.7. The van der Waals surface area contributed by atoms with Crippen molar-refractivity contribution in [3.63, 3.8) is 0 Å². The average molecular weight is 274 g/mol. The second kappa shape index (κ2) is 6.84. The summed E-state index contributed by atoms with van der Waals surface area (Å²) in [5.41, 5.74) is 1.90. The highest BCUT2D eigenvalue weighted by molar-refractivity contribution is 5.73. The van der Waals surface area contributed by atoms with Crippen molar-refractivity contribution >= 4 is 17.0 Å². The fraction of sp³-hybridized carbons (Fsp3) is 0.400. The first-order valence-electron chi connectivity index (χ1n) is 6.84. The van der Waals surface area contributed by atoms with Crippen molar-refractivity contribution in [1.29, 1.82) is 0 Å². The molecule has 2 aromatic rings. The molecule has 106 valence electrons. The number of ether oxygens (including phenoxy) is 1. The Balaban J connectivity index is 1.94. The zero-order chi connectivity index (χ0) is 14.4. The molecule has 0 aliphatic rings. The van der Waals surface area contributed by atoms with Gasteiger partial charge in [0.1, 0.15) is 5.69 Å². The van der Waals surface area contributed by atoms with Gasteiger partial charge in [0.2, 0.25) is 0 Å². The van der Waals surface area contributed by atoms with Gasteiger partial charge in [-0.1, -0.05) is 12.1 Å². The van der Waals surface area contributed by atoms with Gasteiger partial charge in [0.15, 0.2) is 0 Å². The van der Waals surface area contributed by atoms with E-state index in [0.717, 1.165) is 17.5 Å². The topological polar surface area (TPSA) is 72.0 Å². The maximum absolute atomic E-state index is 11.9. The van der Waals surface area contributed by atoms with E-state index in [0.29, 0.717) is 31.6 Å². The second-order valence-electron chi connectivity index (χ2n) is 4.54. The minimum absolute atomic E-state index is 0.153. The van der Waals surface area contributed by atoms with Crippen LogP contribution in [0, 0.1) is 0 Å². The van der Waals surface area contributed by atoms with Crippen LogP contribution in [-0.2, 0) is 16.0 Å². The summed E-state index contributed by atoms with van der Waals surface area (Å²) in [6.07, 6.45) is 2.40. The van der Waals surface area contributed by atoms with Gasteiger partial charge in [-0.2, -0.15) is 0 Å². The van der Waals surface area contributed by atoms with Gasteiger partial charge >= 0.3 is 5.97 Å². The Morgan fingerprint density at radius 1 is 1.30 bits per heavy atom. The van der Waals surface area contributed by atoms with Crippen LogP contribution in [0.4, 0.5) is 0 Å². The van der Waals surface area contributed by atoms with Crippen molar-refractivity contribution in [3.05, 3.63) is 40.3 Å². The summed E-state index contributed by atoms with van der Waals surface area (Å²) in [7, 11) is 0. The molecule has 0 amide bonds. The number of aromatic nitrogens is 2. The molecule has 2 rings (SSSR count). The number of carbonyl (C=O) groups is 1. The molecule has 0 aliphatic carbocycles. The van der Waals surface area contributed by atoms with Gasteiger partial charge in [-0.25, -0.2) is 4.98 Å². The Morgan fingerprint density at radius 2 is 2.10 bits per heavy atom. The number of aromatic amines is 1. The minimum atomic E-state index is -0.187. The smallest absolute Gasteiger partial charge is 0.305 e. The third-order valence-electron chi connectivity index (χ3n) is 3.02. The van der Waals surface area contributed by atoms with Gasteiger partial charge in [-0.15, -0.1) is 0 Å². The van der Waals surface area contributed by atoms with E-state index in [4.69, 9.17) is 4.74 Å². The van der Waals surface area contributed by atoms with Crippen LogP contribution in [0.2, 0.25) is 0 Å². The number of carbonyl (C=O) groups excluding carboxylic acids is 1. The highest BCUT2D eigenvalue weighted by Gasteiger charge is 2.06. The van der Waals surface area contributed by atoms with Gasteiger partial charge in [0.25, 0.3) is 5.56 Å². The summed E-state index contributed by atoms with van der Waals surface area (Å²) in [5, 5.41) is 0. The summed E-state index contributed by atoms with van der Waals surface area (Å²) < 4.78 is 4.85. The van der Waals surface area contributed by atoms with E-state index in [1.165, 1.54) is 0 Å². The molecular weight excluding hydrogens is 256 g/mol. The number of unbranched alkanes of at least 4 members (excludes halogenated alkanes) is 1. The van der Waals surface area contributed by atoms with Crippen LogP contribution in [-0.4, -0.2) is 22.5 Å². The predicted molar refractivity (Wildman–Crippen MR) is 76.6 cm³/mol. The number of benzene rings is 1. The van der Waals surface area contributed by atoms with E-state index in [1.807, 2.05) is 24.3 Å². The number of esters is 1. The third kappa shape index (κ3) is 3.66. The summed E-state index contributed by atoms with van der Waals surface area (Å²) in [5.74, 6) is -0.187. The first-order chi connectivity index (χ1) is 9.70. The zero-order valence-electron chi connectivity index (χ0n) is 11.5. The molecule has 1 aromatic heterocycles. The molecule has 0 spiro atoms. The zero-order valence-corrected chi connectivity index (χ0v) is 11.5. The van der Waals surface area contributed by atoms with E-state index < -0.39 is 0 Å². The first-order valence-corrected chi connectivity index (χ1v) is 6.84. The van der Waals surface area contributed by atoms with Crippen LogP contribution in [0.25, 0.3) is 11.0 Å². The minimum Gasteiger partial charge on any atom is -0.466 e. The number of nitrogens with one attached hydrogen (secondary N) is 1. The molecule has 0 radical (unpaired) electrons. The molecule has 1 aromatic carbocycles. The van der Waals surface area contributed by atoms with Gasteiger partial charge in [-0.05, 0) is 38.3 Å². The number of rotatable bonds is 6. The number of H-pyrrole nitrogens is 1. The van der Waals surface area contributed by atoms with Crippen LogP contribution in [0.3, 0.4) is 0 Å². The monoisotopic (exact) mass is 274 g/mol. The largest absolute Gasteiger partial charge is 0.466 e. The fourth-order valence-electron chi connectivity index (χ4n) is 2.03. The molecule has 0 saturated carbocycles. The van der Waals surface area contributed by atoms with Crippen LogP contribution in [0.5, 0.6) is 0 Å². The molecular formula is C15H18N2O3. The predicted octanol–water partition coefficient (Wildman–Crippen LogP) is 2.20. The summed E-state index contributed by atoms with van der Waals surface area (Å²) in [6.45, 7) is 2.20. The SMILES string of the molecule is CCOC(=O)CCCCc1nc2ccccc2[nH]c1=O. The number of fused-ring (bicyclic) bond motifs is 1. The van der Waals surface area contributed by atoms with Crippen molar-refractivity contribution < 1.29 is 9.53 Å². The molecule has 20 heavy (non-hydrogen) atoms. The first kappa shape index (κ1) is 14.2. The van der Waals surface area contributed by atoms with E-state index in [2.05, 4.69) is 9.97 Å². The Bertz CT molecular complexity index is 649. The number of hydrogen-bond acceptors (Lipinski definition) is 4.